The van der Waals surface area contributed by atoms with E-state index in [1.165, 1.54) is 18.4 Å². The predicted octanol–water partition coefficient (Wildman–Crippen LogP) is 2.11. The summed E-state index contributed by atoms with van der Waals surface area (Å²) >= 11 is 1.37. The van der Waals surface area contributed by atoms with E-state index in [4.69, 9.17) is 10.5 Å². The molecule has 8 heteroatoms. The highest BCUT2D eigenvalue weighted by molar-refractivity contribution is 7.14. The molecule has 0 aliphatic rings. The number of hydrogen-bond donors (Lipinski definition) is 2. The molecule has 0 saturated carbocycles. The number of thiazole rings is 1. The summed E-state index contributed by atoms with van der Waals surface area (Å²) in [7, 11) is 1.32. The van der Waals surface area contributed by atoms with Crippen LogP contribution in [0.15, 0.2) is 34.7 Å². The van der Waals surface area contributed by atoms with Crippen LogP contribution in [0.5, 0.6) is 5.75 Å². The van der Waals surface area contributed by atoms with Crippen LogP contribution in [-0.2, 0) is 9.53 Å². The molecule has 0 saturated heterocycles. The van der Waals surface area contributed by atoms with Crippen molar-refractivity contribution in [3.05, 3.63) is 35.2 Å². The Morgan fingerprint density at radius 1 is 1.45 bits per heavy atom. The summed E-state index contributed by atoms with van der Waals surface area (Å²) < 4.78 is 10.0. The number of carbonyl (C=O) groups is 1. The highest BCUT2D eigenvalue weighted by Gasteiger charge is 2.14. The Morgan fingerprint density at radius 2 is 2.18 bits per heavy atom. The van der Waals surface area contributed by atoms with Gasteiger partial charge in [0.1, 0.15) is 11.6 Å². The second kappa shape index (κ2) is 7.41. The molecule has 0 aliphatic carbocycles. The van der Waals surface area contributed by atoms with Gasteiger partial charge in [0.05, 0.1) is 13.3 Å². The van der Waals surface area contributed by atoms with Gasteiger partial charge in [-0.05, 0) is 36.8 Å². The quantitative estimate of drug-likeness (QED) is 0.480. The maximum atomic E-state index is 11.3. The maximum Gasteiger partial charge on any atom is 0.346 e. The molecule has 0 amide bonds. The number of anilines is 2. The van der Waals surface area contributed by atoms with Gasteiger partial charge < -0.3 is 15.2 Å². The van der Waals surface area contributed by atoms with Crippen LogP contribution in [0.3, 0.4) is 0 Å². The minimum Gasteiger partial charge on any atom is -0.479 e. The van der Waals surface area contributed by atoms with Gasteiger partial charge in [-0.15, -0.1) is 11.3 Å². The Labute approximate surface area is 131 Å². The van der Waals surface area contributed by atoms with Gasteiger partial charge in [0.25, 0.3) is 0 Å². The second-order valence-corrected chi connectivity index (χ2v) is 5.16. The van der Waals surface area contributed by atoms with Gasteiger partial charge in [-0.25, -0.2) is 9.78 Å². The summed E-state index contributed by atoms with van der Waals surface area (Å²) in [5.41, 5.74) is 9.17. The molecule has 0 fully saturated rings. The van der Waals surface area contributed by atoms with E-state index in [0.717, 1.165) is 5.56 Å². The molecule has 1 unspecified atom stereocenters. The van der Waals surface area contributed by atoms with Crippen molar-refractivity contribution in [2.75, 3.05) is 18.3 Å². The Morgan fingerprint density at radius 3 is 2.77 bits per heavy atom. The Kier molecular flexibility index (Phi) is 5.31. The average Bonchev–Trinajstić information content (AvgIpc) is 2.93. The first kappa shape index (κ1) is 15.8. The van der Waals surface area contributed by atoms with Crippen molar-refractivity contribution in [3.63, 3.8) is 0 Å². The third-order valence-corrected chi connectivity index (χ3v) is 3.39. The lowest BCUT2D eigenvalue weighted by atomic mass is 10.2. The zero-order valence-corrected chi connectivity index (χ0v) is 13.0. The molecular weight excluding hydrogens is 304 g/mol. The van der Waals surface area contributed by atoms with Gasteiger partial charge in [0.15, 0.2) is 6.10 Å². The number of hydrogen-bond acceptors (Lipinski definition) is 8. The van der Waals surface area contributed by atoms with E-state index >= 15 is 0 Å². The first-order valence-corrected chi connectivity index (χ1v) is 7.31. The fraction of sp³-hybridized carbons (Fsp3) is 0.214. The molecule has 3 N–H and O–H groups in total. The third kappa shape index (κ3) is 4.45. The highest BCUT2D eigenvalue weighted by atomic mass is 32.1. The number of carbonyl (C=O) groups excluding carboxylic acids is 1. The second-order valence-electron chi connectivity index (χ2n) is 4.30. The molecule has 0 radical (unpaired) electrons. The van der Waals surface area contributed by atoms with Gasteiger partial charge >= 0.3 is 5.97 Å². The van der Waals surface area contributed by atoms with Crippen LogP contribution < -0.4 is 15.9 Å². The lowest BCUT2D eigenvalue weighted by molar-refractivity contribution is -0.147. The van der Waals surface area contributed by atoms with Crippen molar-refractivity contribution in [3.8, 4) is 5.75 Å². The molecule has 7 nitrogen and oxygen atoms in total. The van der Waals surface area contributed by atoms with Crippen molar-refractivity contribution in [1.82, 2.24) is 4.98 Å². The predicted molar refractivity (Wildman–Crippen MR) is 86.3 cm³/mol. The van der Waals surface area contributed by atoms with Gasteiger partial charge in [-0.2, -0.15) is 5.10 Å². The molecule has 2 aromatic rings. The number of rotatable bonds is 6. The maximum absolute atomic E-state index is 11.3. The summed E-state index contributed by atoms with van der Waals surface area (Å²) in [6.45, 7) is 1.63. The Bertz CT molecular complexity index is 654. The first-order valence-electron chi connectivity index (χ1n) is 6.43. The number of hydrazone groups is 1. The van der Waals surface area contributed by atoms with Crippen molar-refractivity contribution >= 4 is 34.5 Å². The van der Waals surface area contributed by atoms with E-state index in [9.17, 15) is 4.79 Å². The Balaban J connectivity index is 1.90. The number of nitrogens with zero attached hydrogens (tertiary/aromatic N) is 2. The SMILES string of the molecule is COC(=O)C(C)Oc1ccc(C=NNc2nc(N)cs2)cc1. The van der Waals surface area contributed by atoms with Crippen molar-refractivity contribution in [2.45, 2.75) is 13.0 Å². The van der Waals surface area contributed by atoms with Crippen molar-refractivity contribution in [2.24, 2.45) is 5.10 Å². The van der Waals surface area contributed by atoms with Crippen LogP contribution in [-0.4, -0.2) is 30.4 Å². The number of aromatic nitrogens is 1. The fourth-order valence-electron chi connectivity index (χ4n) is 1.55. The van der Waals surface area contributed by atoms with Gasteiger partial charge in [-0.1, -0.05) is 0 Å². The normalized spacial score (nSPS) is 12.1. The minimum absolute atomic E-state index is 0.419. The summed E-state index contributed by atoms with van der Waals surface area (Å²) in [5, 5.41) is 6.41. The van der Waals surface area contributed by atoms with Crippen LogP contribution in [0.4, 0.5) is 10.9 Å². The molecule has 116 valence electrons. The van der Waals surface area contributed by atoms with Gasteiger partial charge in [0.2, 0.25) is 5.13 Å². The summed E-state index contributed by atoms with van der Waals surface area (Å²) in [4.78, 5) is 15.3. The zero-order valence-electron chi connectivity index (χ0n) is 12.1. The van der Waals surface area contributed by atoms with Crippen LogP contribution in [0.25, 0.3) is 0 Å². The topological polar surface area (TPSA) is 98.8 Å². The van der Waals surface area contributed by atoms with Gasteiger partial charge in [0, 0.05) is 5.38 Å². The molecule has 1 atom stereocenters. The van der Waals surface area contributed by atoms with Crippen molar-refractivity contribution < 1.29 is 14.3 Å². The number of ether oxygens (including phenoxy) is 2. The van der Waals surface area contributed by atoms with Crippen LogP contribution >= 0.6 is 11.3 Å². The lowest BCUT2D eigenvalue weighted by Gasteiger charge is -2.12. The molecular formula is C14H16N4O3S. The lowest BCUT2D eigenvalue weighted by Crippen LogP contribution is -2.24. The average molecular weight is 320 g/mol. The molecule has 2 rings (SSSR count). The zero-order chi connectivity index (χ0) is 15.9. The smallest absolute Gasteiger partial charge is 0.346 e. The number of nitrogen functional groups attached to an aromatic ring is 1. The molecule has 22 heavy (non-hydrogen) atoms. The van der Waals surface area contributed by atoms with E-state index in [-0.39, 0.29) is 0 Å². The van der Waals surface area contributed by atoms with E-state index < -0.39 is 12.1 Å². The standard InChI is InChI=1S/C14H16N4O3S/c1-9(13(19)20-2)21-11-5-3-10(4-6-11)7-16-18-14-17-12(15)8-22-14/h3-9H,15H2,1-2H3,(H,17,18). The number of nitrogens with two attached hydrogens (primary N) is 1. The minimum atomic E-state index is -0.651. The van der Waals surface area contributed by atoms with E-state index in [1.807, 2.05) is 12.1 Å². The van der Waals surface area contributed by atoms with Crippen LogP contribution in [0.2, 0.25) is 0 Å². The summed E-state index contributed by atoms with van der Waals surface area (Å²) in [6.07, 6.45) is 0.993. The van der Waals surface area contributed by atoms with Gasteiger partial charge in [-0.3, -0.25) is 5.43 Å². The highest BCUT2D eigenvalue weighted by Crippen LogP contribution is 2.16. The molecule has 1 aromatic carbocycles. The first-order chi connectivity index (χ1) is 10.6. The van der Waals surface area contributed by atoms with E-state index in [2.05, 4.69) is 20.2 Å². The Hall–Kier alpha value is -2.61. The number of esters is 1. The summed E-state index contributed by atoms with van der Waals surface area (Å²) in [6, 6.07) is 7.14. The molecule has 1 aromatic heterocycles. The molecule has 0 bridgehead atoms. The number of methoxy groups -OCH3 is 1. The molecule has 0 aliphatic heterocycles. The largest absolute Gasteiger partial charge is 0.479 e. The van der Waals surface area contributed by atoms with E-state index in [1.54, 1.807) is 30.7 Å². The van der Waals surface area contributed by atoms with E-state index in [0.29, 0.717) is 16.7 Å². The summed E-state index contributed by atoms with van der Waals surface area (Å²) in [5.74, 6) is 0.622. The monoisotopic (exact) mass is 320 g/mol. The molecule has 1 heterocycles. The third-order valence-electron chi connectivity index (χ3n) is 2.62. The molecule has 0 spiro atoms. The number of nitrogens with one attached hydrogen (secondary N) is 1. The van der Waals surface area contributed by atoms with Crippen molar-refractivity contribution in [1.29, 1.82) is 0 Å². The van der Waals surface area contributed by atoms with Crippen LogP contribution in [0.1, 0.15) is 12.5 Å². The number of benzene rings is 1. The fourth-order valence-corrected chi connectivity index (χ4v) is 2.10. The van der Waals surface area contributed by atoms with Crippen LogP contribution in [0, 0.1) is 0 Å².